The van der Waals surface area contributed by atoms with E-state index in [0.29, 0.717) is 12.0 Å². The van der Waals surface area contributed by atoms with Gasteiger partial charge < -0.3 is 10.1 Å². The van der Waals surface area contributed by atoms with Crippen molar-refractivity contribution in [1.29, 1.82) is 0 Å². The summed E-state index contributed by atoms with van der Waals surface area (Å²) in [6, 6.07) is 0.465. The molecule has 2 unspecified atom stereocenters. The van der Waals surface area contributed by atoms with Gasteiger partial charge in [0.05, 0.1) is 24.0 Å². The Hall–Kier alpha value is -0.940. The van der Waals surface area contributed by atoms with Gasteiger partial charge in [0.25, 0.3) is 0 Å². The third-order valence-corrected chi connectivity index (χ3v) is 3.51. The molecule has 102 valence electrons. The van der Waals surface area contributed by atoms with Gasteiger partial charge in [-0.25, -0.2) is 4.68 Å². The second kappa shape index (κ2) is 5.36. The van der Waals surface area contributed by atoms with Gasteiger partial charge in [-0.05, 0) is 40.0 Å². The lowest BCUT2D eigenvalue weighted by Gasteiger charge is -2.19. The van der Waals surface area contributed by atoms with Crippen molar-refractivity contribution in [3.63, 3.8) is 0 Å². The van der Waals surface area contributed by atoms with Crippen LogP contribution in [0.15, 0.2) is 6.20 Å². The van der Waals surface area contributed by atoms with Crippen LogP contribution in [-0.4, -0.2) is 34.2 Å². The molecule has 1 aliphatic heterocycles. The van der Waals surface area contributed by atoms with Crippen molar-refractivity contribution in [2.75, 3.05) is 13.2 Å². The van der Waals surface area contributed by atoms with Crippen LogP contribution in [0.1, 0.15) is 39.8 Å². The third-order valence-electron chi connectivity index (χ3n) is 3.51. The van der Waals surface area contributed by atoms with Crippen molar-refractivity contribution >= 4 is 0 Å². The highest BCUT2D eigenvalue weighted by atomic mass is 16.5. The lowest BCUT2D eigenvalue weighted by Crippen LogP contribution is -2.33. The Morgan fingerprint density at radius 1 is 1.56 bits per heavy atom. The zero-order valence-electron chi connectivity index (χ0n) is 11.8. The molecule has 1 aromatic heterocycles. The molecule has 0 spiro atoms. The molecule has 5 nitrogen and oxygen atoms in total. The zero-order chi connectivity index (χ0) is 13.2. The summed E-state index contributed by atoms with van der Waals surface area (Å²) >= 11 is 0. The number of nitrogens with one attached hydrogen (secondary N) is 1. The number of ether oxygens (including phenoxy) is 1. The molecule has 5 heteroatoms. The molecular formula is C13H24N4O. The third kappa shape index (κ3) is 3.29. The van der Waals surface area contributed by atoms with Crippen molar-refractivity contribution in [2.24, 2.45) is 5.92 Å². The fourth-order valence-electron chi connectivity index (χ4n) is 2.09. The van der Waals surface area contributed by atoms with E-state index in [0.717, 1.165) is 31.9 Å². The van der Waals surface area contributed by atoms with E-state index in [9.17, 15) is 0 Å². The lowest BCUT2D eigenvalue weighted by atomic mass is 10.0. The molecule has 0 aliphatic carbocycles. The van der Waals surface area contributed by atoms with E-state index in [2.05, 4.69) is 43.3 Å². The second-order valence-corrected chi connectivity index (χ2v) is 6.12. The molecule has 1 fully saturated rings. The van der Waals surface area contributed by atoms with Gasteiger partial charge in [-0.3, -0.25) is 0 Å². The van der Waals surface area contributed by atoms with E-state index in [1.807, 2.05) is 10.9 Å². The minimum atomic E-state index is -0.00381. The Balaban J connectivity index is 1.84. The standard InChI is InChI=1S/C13H24N4O/c1-10(11-5-6-18-9-11)14-7-12-8-17(16-15-12)13(2,3)4/h8,10-11,14H,5-7,9H2,1-4H3. The highest BCUT2D eigenvalue weighted by Crippen LogP contribution is 2.17. The molecule has 2 rings (SSSR count). The van der Waals surface area contributed by atoms with Gasteiger partial charge in [-0.1, -0.05) is 5.21 Å². The average Bonchev–Trinajstić information content (AvgIpc) is 2.96. The molecule has 2 atom stereocenters. The smallest absolute Gasteiger partial charge is 0.0965 e. The molecule has 18 heavy (non-hydrogen) atoms. The van der Waals surface area contributed by atoms with Crippen LogP contribution in [0.3, 0.4) is 0 Å². The molecule has 0 aromatic carbocycles. The first-order valence-corrected chi connectivity index (χ1v) is 6.69. The summed E-state index contributed by atoms with van der Waals surface area (Å²) in [6.45, 7) is 11.1. The average molecular weight is 252 g/mol. The van der Waals surface area contributed by atoms with Crippen molar-refractivity contribution < 1.29 is 4.74 Å². The van der Waals surface area contributed by atoms with E-state index in [-0.39, 0.29) is 5.54 Å². The topological polar surface area (TPSA) is 52.0 Å². The van der Waals surface area contributed by atoms with Gasteiger partial charge in [-0.2, -0.15) is 0 Å². The van der Waals surface area contributed by atoms with Crippen LogP contribution in [0, 0.1) is 5.92 Å². The quantitative estimate of drug-likeness (QED) is 0.883. The van der Waals surface area contributed by atoms with Crippen LogP contribution < -0.4 is 5.32 Å². The molecule has 1 aliphatic rings. The molecule has 0 bridgehead atoms. The molecule has 1 N–H and O–H groups in total. The first-order valence-electron chi connectivity index (χ1n) is 6.69. The van der Waals surface area contributed by atoms with Crippen LogP contribution in [0.4, 0.5) is 0 Å². The van der Waals surface area contributed by atoms with Gasteiger partial charge >= 0.3 is 0 Å². The molecule has 0 amide bonds. The van der Waals surface area contributed by atoms with E-state index >= 15 is 0 Å². The van der Waals surface area contributed by atoms with Crippen LogP contribution in [0.5, 0.6) is 0 Å². The van der Waals surface area contributed by atoms with Crippen LogP contribution in [0.25, 0.3) is 0 Å². The largest absolute Gasteiger partial charge is 0.381 e. The number of hydrogen-bond donors (Lipinski definition) is 1. The lowest BCUT2D eigenvalue weighted by molar-refractivity contribution is 0.178. The first kappa shape index (κ1) is 13.5. The monoisotopic (exact) mass is 252 g/mol. The van der Waals surface area contributed by atoms with E-state index < -0.39 is 0 Å². The number of hydrogen-bond acceptors (Lipinski definition) is 4. The highest BCUT2D eigenvalue weighted by molar-refractivity contribution is 4.95. The van der Waals surface area contributed by atoms with Crippen molar-refractivity contribution in [3.05, 3.63) is 11.9 Å². The summed E-state index contributed by atoms with van der Waals surface area (Å²) in [6.07, 6.45) is 3.17. The van der Waals surface area contributed by atoms with Gasteiger partial charge in [0, 0.05) is 19.2 Å². The van der Waals surface area contributed by atoms with Crippen LogP contribution in [-0.2, 0) is 16.8 Å². The number of rotatable bonds is 4. The summed E-state index contributed by atoms with van der Waals surface area (Å²) in [5.74, 6) is 0.627. The minimum Gasteiger partial charge on any atom is -0.381 e. The van der Waals surface area contributed by atoms with Crippen LogP contribution >= 0.6 is 0 Å². The summed E-state index contributed by atoms with van der Waals surface area (Å²) < 4.78 is 7.32. The van der Waals surface area contributed by atoms with E-state index in [1.54, 1.807) is 0 Å². The fourth-order valence-corrected chi connectivity index (χ4v) is 2.09. The zero-order valence-corrected chi connectivity index (χ0v) is 11.8. The predicted octanol–water partition coefficient (Wildman–Crippen LogP) is 1.55. The van der Waals surface area contributed by atoms with Crippen molar-refractivity contribution in [1.82, 2.24) is 20.3 Å². The Labute approximate surface area is 109 Å². The van der Waals surface area contributed by atoms with Crippen LogP contribution in [0.2, 0.25) is 0 Å². The number of nitrogens with zero attached hydrogens (tertiary/aromatic N) is 3. The molecule has 1 aromatic rings. The molecule has 0 saturated carbocycles. The summed E-state index contributed by atoms with van der Waals surface area (Å²) in [5, 5.41) is 11.9. The van der Waals surface area contributed by atoms with E-state index in [1.165, 1.54) is 0 Å². The van der Waals surface area contributed by atoms with Gasteiger partial charge in [0.15, 0.2) is 0 Å². The van der Waals surface area contributed by atoms with Gasteiger partial charge in [0.2, 0.25) is 0 Å². The maximum Gasteiger partial charge on any atom is 0.0965 e. The Kier molecular flexibility index (Phi) is 4.02. The Bertz CT molecular complexity index is 377. The maximum atomic E-state index is 5.41. The SMILES string of the molecule is CC(NCc1cn(C(C)(C)C)nn1)C1CCOC1. The van der Waals surface area contributed by atoms with Crippen molar-refractivity contribution in [3.8, 4) is 0 Å². The fraction of sp³-hybridized carbons (Fsp3) is 0.846. The minimum absolute atomic E-state index is 0.00381. The predicted molar refractivity (Wildman–Crippen MR) is 70.2 cm³/mol. The molecule has 0 radical (unpaired) electrons. The van der Waals surface area contributed by atoms with E-state index in [4.69, 9.17) is 4.74 Å². The van der Waals surface area contributed by atoms with Crippen molar-refractivity contribution in [2.45, 2.75) is 52.2 Å². The first-order chi connectivity index (χ1) is 8.47. The molecular weight excluding hydrogens is 228 g/mol. The summed E-state index contributed by atoms with van der Waals surface area (Å²) in [5.41, 5.74) is 0.992. The second-order valence-electron chi connectivity index (χ2n) is 6.12. The molecule has 1 saturated heterocycles. The Morgan fingerprint density at radius 3 is 2.89 bits per heavy atom. The summed E-state index contributed by atoms with van der Waals surface area (Å²) in [7, 11) is 0. The Morgan fingerprint density at radius 2 is 2.33 bits per heavy atom. The maximum absolute atomic E-state index is 5.41. The van der Waals surface area contributed by atoms with Gasteiger partial charge in [-0.15, -0.1) is 5.10 Å². The van der Waals surface area contributed by atoms with Gasteiger partial charge in [0.1, 0.15) is 0 Å². The number of aromatic nitrogens is 3. The highest BCUT2D eigenvalue weighted by Gasteiger charge is 2.22. The molecule has 2 heterocycles. The normalized spacial score (nSPS) is 22.3. The summed E-state index contributed by atoms with van der Waals surface area (Å²) in [4.78, 5) is 0.